The molecule has 3 rings (SSSR count). The summed E-state index contributed by atoms with van der Waals surface area (Å²) in [4.78, 5) is 15.9. The first kappa shape index (κ1) is 10.5. The van der Waals surface area contributed by atoms with Crippen molar-refractivity contribution in [2.45, 2.75) is 44.4 Å². The van der Waals surface area contributed by atoms with Gasteiger partial charge < -0.3 is 9.64 Å². The molecule has 3 heterocycles. The molecule has 3 aliphatic rings. The average molecular weight is 224 g/mol. The number of carbonyl (C=O) groups is 1. The van der Waals surface area contributed by atoms with Gasteiger partial charge in [0.25, 0.3) is 0 Å². The number of ether oxygens (including phenoxy) is 1. The zero-order valence-electron chi connectivity index (χ0n) is 9.89. The van der Waals surface area contributed by atoms with Crippen molar-refractivity contribution < 1.29 is 9.53 Å². The number of hydrogen-bond acceptors (Lipinski definition) is 3. The highest BCUT2D eigenvalue weighted by Crippen LogP contribution is 2.32. The van der Waals surface area contributed by atoms with Crippen molar-refractivity contribution >= 4 is 5.91 Å². The van der Waals surface area contributed by atoms with Gasteiger partial charge in [0.05, 0.1) is 12.7 Å². The summed E-state index contributed by atoms with van der Waals surface area (Å²) in [6.07, 6.45) is 4.01. The molecule has 0 N–H and O–H groups in total. The maximum absolute atomic E-state index is 11.2. The Balaban J connectivity index is 1.56. The third-order valence-corrected chi connectivity index (χ3v) is 4.32. The van der Waals surface area contributed by atoms with Gasteiger partial charge in [-0.15, -0.1) is 0 Å². The van der Waals surface area contributed by atoms with Gasteiger partial charge in [0, 0.05) is 38.6 Å². The lowest BCUT2D eigenvalue weighted by molar-refractivity contribution is -0.130. The van der Waals surface area contributed by atoms with Crippen LogP contribution in [0.3, 0.4) is 0 Å². The molecule has 2 unspecified atom stereocenters. The summed E-state index contributed by atoms with van der Waals surface area (Å²) < 4.78 is 5.63. The van der Waals surface area contributed by atoms with Crippen molar-refractivity contribution in [3.63, 3.8) is 0 Å². The maximum atomic E-state index is 11.2. The van der Waals surface area contributed by atoms with Crippen molar-refractivity contribution in [3.05, 3.63) is 0 Å². The second kappa shape index (κ2) is 4.00. The fraction of sp³-hybridized carbons (Fsp3) is 0.917. The van der Waals surface area contributed by atoms with Crippen LogP contribution in [0, 0.1) is 0 Å². The predicted molar refractivity (Wildman–Crippen MR) is 60.1 cm³/mol. The van der Waals surface area contributed by atoms with Gasteiger partial charge in [-0.1, -0.05) is 0 Å². The summed E-state index contributed by atoms with van der Waals surface area (Å²) in [5.41, 5.74) is 0. The molecule has 3 fully saturated rings. The first-order valence-electron chi connectivity index (χ1n) is 6.37. The first-order chi connectivity index (χ1) is 7.74. The summed E-state index contributed by atoms with van der Waals surface area (Å²) in [6, 6.07) is 1.35. The molecule has 0 aliphatic carbocycles. The van der Waals surface area contributed by atoms with Crippen LogP contribution >= 0.6 is 0 Å². The second-order valence-corrected chi connectivity index (χ2v) is 5.28. The van der Waals surface area contributed by atoms with Crippen LogP contribution in [0.5, 0.6) is 0 Å². The molecule has 0 spiro atoms. The molecule has 16 heavy (non-hydrogen) atoms. The zero-order chi connectivity index (χ0) is 11.1. The van der Waals surface area contributed by atoms with E-state index in [-0.39, 0.29) is 5.91 Å². The fourth-order valence-corrected chi connectivity index (χ4v) is 3.39. The number of hydrogen-bond donors (Lipinski definition) is 0. The zero-order valence-corrected chi connectivity index (χ0v) is 9.89. The van der Waals surface area contributed by atoms with E-state index >= 15 is 0 Å². The number of amides is 1. The highest BCUT2D eigenvalue weighted by Gasteiger charge is 2.42. The standard InChI is InChI=1S/C12H20N2O2/c1-9(15)13-4-2-10(3-5-13)14-7-12-6-11(14)8-16-12/h10-12H,2-8H2,1H3. The molecule has 1 amide bonds. The molecule has 3 aliphatic heterocycles. The van der Waals surface area contributed by atoms with E-state index in [2.05, 4.69) is 4.90 Å². The quantitative estimate of drug-likeness (QED) is 0.649. The van der Waals surface area contributed by atoms with Crippen molar-refractivity contribution in [3.8, 4) is 0 Å². The lowest BCUT2D eigenvalue weighted by Crippen LogP contribution is -2.50. The molecule has 4 nitrogen and oxygen atoms in total. The van der Waals surface area contributed by atoms with Crippen molar-refractivity contribution in [2.24, 2.45) is 0 Å². The molecule has 0 aromatic carbocycles. The van der Waals surface area contributed by atoms with Crippen LogP contribution < -0.4 is 0 Å². The Bertz CT molecular complexity index is 287. The molecular formula is C12H20N2O2. The Morgan fingerprint density at radius 3 is 2.50 bits per heavy atom. The predicted octanol–water partition coefficient (Wildman–Crippen LogP) is 0.470. The van der Waals surface area contributed by atoms with E-state index < -0.39 is 0 Å². The van der Waals surface area contributed by atoms with Crippen LogP contribution in [-0.2, 0) is 9.53 Å². The summed E-state index contributed by atoms with van der Waals surface area (Å²) in [5.74, 6) is 0.227. The SMILES string of the molecule is CC(=O)N1CCC(N2CC3CC2CO3)CC1. The summed E-state index contributed by atoms with van der Waals surface area (Å²) in [7, 11) is 0. The Morgan fingerprint density at radius 1 is 1.25 bits per heavy atom. The number of carbonyl (C=O) groups excluding carboxylic acids is 1. The molecule has 2 bridgehead atoms. The number of fused-ring (bicyclic) bond motifs is 2. The first-order valence-corrected chi connectivity index (χ1v) is 6.37. The van der Waals surface area contributed by atoms with Crippen LogP contribution in [0.25, 0.3) is 0 Å². The molecular weight excluding hydrogens is 204 g/mol. The van der Waals surface area contributed by atoms with E-state index in [0.717, 1.165) is 39.1 Å². The smallest absolute Gasteiger partial charge is 0.219 e. The van der Waals surface area contributed by atoms with E-state index in [9.17, 15) is 4.79 Å². The van der Waals surface area contributed by atoms with Crippen LogP contribution in [-0.4, -0.2) is 60.1 Å². The van der Waals surface area contributed by atoms with Gasteiger partial charge in [0.1, 0.15) is 0 Å². The fourth-order valence-electron chi connectivity index (χ4n) is 3.39. The molecule has 4 heteroatoms. The highest BCUT2D eigenvalue weighted by atomic mass is 16.5. The normalized spacial score (nSPS) is 35.9. The van der Waals surface area contributed by atoms with Crippen LogP contribution in [0.2, 0.25) is 0 Å². The third kappa shape index (κ3) is 1.74. The Hall–Kier alpha value is -0.610. The molecule has 90 valence electrons. The lowest BCUT2D eigenvalue weighted by atomic mass is 10.0. The monoisotopic (exact) mass is 224 g/mol. The summed E-state index contributed by atoms with van der Waals surface area (Å²) in [6.45, 7) is 5.60. The maximum Gasteiger partial charge on any atom is 0.219 e. The minimum Gasteiger partial charge on any atom is -0.375 e. The molecule has 0 aromatic rings. The number of nitrogens with zero attached hydrogens (tertiary/aromatic N) is 2. The number of rotatable bonds is 1. The van der Waals surface area contributed by atoms with Gasteiger partial charge in [0.15, 0.2) is 0 Å². The van der Waals surface area contributed by atoms with Crippen molar-refractivity contribution in [2.75, 3.05) is 26.2 Å². The van der Waals surface area contributed by atoms with Gasteiger partial charge >= 0.3 is 0 Å². The van der Waals surface area contributed by atoms with E-state index in [4.69, 9.17) is 4.74 Å². The lowest BCUT2D eigenvalue weighted by Gasteiger charge is -2.40. The Morgan fingerprint density at radius 2 is 2.00 bits per heavy atom. The van der Waals surface area contributed by atoms with E-state index in [1.807, 2.05) is 4.90 Å². The molecule has 2 atom stereocenters. The third-order valence-electron chi connectivity index (χ3n) is 4.32. The molecule has 3 saturated heterocycles. The Kier molecular flexibility index (Phi) is 2.64. The summed E-state index contributed by atoms with van der Waals surface area (Å²) >= 11 is 0. The van der Waals surface area contributed by atoms with Gasteiger partial charge in [-0.3, -0.25) is 9.69 Å². The van der Waals surface area contributed by atoms with Crippen LogP contribution in [0.4, 0.5) is 0 Å². The highest BCUT2D eigenvalue weighted by molar-refractivity contribution is 5.73. The van der Waals surface area contributed by atoms with Crippen molar-refractivity contribution in [1.82, 2.24) is 9.80 Å². The van der Waals surface area contributed by atoms with Crippen molar-refractivity contribution in [1.29, 1.82) is 0 Å². The van der Waals surface area contributed by atoms with Crippen LogP contribution in [0.1, 0.15) is 26.2 Å². The van der Waals surface area contributed by atoms with E-state index in [1.54, 1.807) is 6.92 Å². The van der Waals surface area contributed by atoms with Gasteiger partial charge in [-0.25, -0.2) is 0 Å². The average Bonchev–Trinajstić information content (AvgIpc) is 2.91. The van der Waals surface area contributed by atoms with Crippen LogP contribution in [0.15, 0.2) is 0 Å². The Labute approximate surface area is 96.5 Å². The molecule has 0 saturated carbocycles. The minimum atomic E-state index is 0.227. The van der Waals surface area contributed by atoms with E-state index in [1.165, 1.54) is 6.42 Å². The minimum absolute atomic E-state index is 0.227. The number of morpholine rings is 1. The van der Waals surface area contributed by atoms with Gasteiger partial charge in [-0.05, 0) is 19.3 Å². The second-order valence-electron chi connectivity index (χ2n) is 5.28. The van der Waals surface area contributed by atoms with Gasteiger partial charge in [0.2, 0.25) is 5.91 Å². The molecule has 0 radical (unpaired) electrons. The number of likely N-dealkylation sites (tertiary alicyclic amines) is 2. The van der Waals surface area contributed by atoms with Gasteiger partial charge in [-0.2, -0.15) is 0 Å². The summed E-state index contributed by atoms with van der Waals surface area (Å²) in [5, 5.41) is 0. The van der Waals surface area contributed by atoms with E-state index in [0.29, 0.717) is 18.2 Å². The molecule has 0 aromatic heterocycles. The number of piperidine rings is 1. The largest absolute Gasteiger partial charge is 0.375 e. The topological polar surface area (TPSA) is 32.8 Å².